The number of hydrogen-bond donors (Lipinski definition) is 0. The highest BCUT2D eigenvalue weighted by Crippen LogP contribution is 2.32. The molecule has 0 heterocycles. The SMILES string of the molecule is CCCCCC1CCC(/C=C/C#Cc2ccc(OCCC)cc2F)CC1. The van der Waals surface area contributed by atoms with E-state index >= 15 is 0 Å². The maximum atomic E-state index is 14.0. The third kappa shape index (κ3) is 7.24. The van der Waals surface area contributed by atoms with Crippen LogP contribution < -0.4 is 4.74 Å². The zero-order valence-electron chi connectivity index (χ0n) is 16.4. The van der Waals surface area contributed by atoms with Gasteiger partial charge in [0, 0.05) is 6.07 Å². The van der Waals surface area contributed by atoms with Crippen LogP contribution in [0.5, 0.6) is 5.75 Å². The van der Waals surface area contributed by atoms with Gasteiger partial charge in [-0.1, -0.05) is 57.4 Å². The van der Waals surface area contributed by atoms with E-state index < -0.39 is 0 Å². The topological polar surface area (TPSA) is 9.23 Å². The Balaban J connectivity index is 1.77. The number of allylic oxidation sites excluding steroid dienone is 2. The Morgan fingerprint density at radius 2 is 1.92 bits per heavy atom. The predicted molar refractivity (Wildman–Crippen MR) is 108 cm³/mol. The quantitative estimate of drug-likeness (QED) is 0.363. The molecule has 0 unspecified atom stereocenters. The van der Waals surface area contributed by atoms with Crippen LogP contribution in [0.25, 0.3) is 0 Å². The first-order valence-corrected chi connectivity index (χ1v) is 10.3. The molecule has 142 valence electrons. The van der Waals surface area contributed by atoms with Crippen molar-refractivity contribution in [2.24, 2.45) is 11.8 Å². The number of ether oxygens (including phenoxy) is 1. The molecule has 1 aromatic rings. The average molecular weight is 357 g/mol. The molecule has 1 aliphatic rings. The van der Waals surface area contributed by atoms with Crippen LogP contribution in [0.3, 0.4) is 0 Å². The van der Waals surface area contributed by atoms with E-state index in [1.807, 2.05) is 13.0 Å². The fourth-order valence-electron chi connectivity index (χ4n) is 3.56. The Morgan fingerprint density at radius 3 is 2.62 bits per heavy atom. The van der Waals surface area contributed by atoms with Crippen LogP contribution in [0.1, 0.15) is 77.2 Å². The van der Waals surface area contributed by atoms with Crippen molar-refractivity contribution in [2.75, 3.05) is 6.61 Å². The highest BCUT2D eigenvalue weighted by Gasteiger charge is 2.18. The molecule has 1 nitrogen and oxygen atoms in total. The second kappa shape index (κ2) is 11.8. The largest absolute Gasteiger partial charge is 0.494 e. The molecule has 0 bridgehead atoms. The molecular formula is C24H33FO. The summed E-state index contributed by atoms with van der Waals surface area (Å²) >= 11 is 0. The van der Waals surface area contributed by atoms with Gasteiger partial charge < -0.3 is 4.74 Å². The van der Waals surface area contributed by atoms with Crippen LogP contribution in [0, 0.1) is 29.5 Å². The first-order valence-electron chi connectivity index (χ1n) is 10.3. The lowest BCUT2D eigenvalue weighted by molar-refractivity contribution is 0.289. The van der Waals surface area contributed by atoms with Crippen molar-refractivity contribution < 1.29 is 9.13 Å². The molecule has 0 aromatic heterocycles. The molecule has 0 saturated heterocycles. The van der Waals surface area contributed by atoms with Gasteiger partial charge in [0.2, 0.25) is 0 Å². The lowest BCUT2D eigenvalue weighted by Gasteiger charge is -2.26. The third-order valence-electron chi connectivity index (χ3n) is 5.18. The number of hydrogen-bond acceptors (Lipinski definition) is 1. The van der Waals surface area contributed by atoms with Crippen LogP contribution in [0.2, 0.25) is 0 Å². The summed E-state index contributed by atoms with van der Waals surface area (Å²) in [6.45, 7) is 4.90. The molecule has 1 fully saturated rings. The van der Waals surface area contributed by atoms with Crippen LogP contribution >= 0.6 is 0 Å². The van der Waals surface area contributed by atoms with Crippen LogP contribution in [0.4, 0.5) is 4.39 Å². The second-order valence-electron chi connectivity index (χ2n) is 7.40. The molecule has 0 atom stereocenters. The zero-order valence-corrected chi connectivity index (χ0v) is 16.4. The predicted octanol–water partition coefficient (Wildman–Crippen LogP) is 6.91. The van der Waals surface area contributed by atoms with E-state index in [-0.39, 0.29) is 5.82 Å². The molecule has 1 saturated carbocycles. The Morgan fingerprint density at radius 1 is 1.12 bits per heavy atom. The fourth-order valence-corrected chi connectivity index (χ4v) is 3.56. The Hall–Kier alpha value is -1.75. The molecule has 2 rings (SSSR count). The number of unbranched alkanes of at least 4 members (excludes halogenated alkanes) is 2. The van der Waals surface area contributed by atoms with E-state index in [2.05, 4.69) is 24.8 Å². The van der Waals surface area contributed by atoms with E-state index in [0.29, 0.717) is 23.8 Å². The van der Waals surface area contributed by atoms with Crippen molar-refractivity contribution in [1.82, 2.24) is 0 Å². The van der Waals surface area contributed by atoms with Gasteiger partial charge in [-0.3, -0.25) is 0 Å². The molecule has 1 aliphatic carbocycles. The number of halogens is 1. The maximum absolute atomic E-state index is 14.0. The number of rotatable bonds is 8. The summed E-state index contributed by atoms with van der Waals surface area (Å²) in [6, 6.07) is 4.90. The number of benzene rings is 1. The Kier molecular flexibility index (Phi) is 9.32. The minimum Gasteiger partial charge on any atom is -0.494 e. The van der Waals surface area contributed by atoms with Gasteiger partial charge in [-0.05, 0) is 62.1 Å². The standard InChI is InChI=1S/C24H33FO/c1-3-5-6-9-20-12-14-21(15-13-20)10-7-8-11-22-16-17-23(19-24(22)25)26-18-4-2/h7,10,16-17,19-21H,3-6,9,12-15,18H2,1-2H3/b10-7+. The summed E-state index contributed by atoms with van der Waals surface area (Å²) in [5.74, 6) is 7.73. The summed E-state index contributed by atoms with van der Waals surface area (Å²) in [4.78, 5) is 0. The summed E-state index contributed by atoms with van der Waals surface area (Å²) in [7, 11) is 0. The molecule has 0 amide bonds. The Bertz CT molecular complexity index is 615. The first-order chi connectivity index (χ1) is 12.7. The van der Waals surface area contributed by atoms with E-state index in [1.165, 1.54) is 57.4 Å². The monoisotopic (exact) mass is 356 g/mol. The molecule has 0 aliphatic heterocycles. The summed E-state index contributed by atoms with van der Waals surface area (Å²) < 4.78 is 19.5. The maximum Gasteiger partial charge on any atom is 0.142 e. The van der Waals surface area contributed by atoms with Crippen molar-refractivity contribution in [3.8, 4) is 17.6 Å². The zero-order chi connectivity index (χ0) is 18.6. The summed E-state index contributed by atoms with van der Waals surface area (Å²) in [5.41, 5.74) is 0.429. The van der Waals surface area contributed by atoms with E-state index in [0.717, 1.165) is 12.3 Å². The van der Waals surface area contributed by atoms with E-state index in [4.69, 9.17) is 4.74 Å². The van der Waals surface area contributed by atoms with Gasteiger partial charge in [0.1, 0.15) is 11.6 Å². The van der Waals surface area contributed by atoms with Gasteiger partial charge in [-0.25, -0.2) is 4.39 Å². The fraction of sp³-hybridized carbons (Fsp3) is 0.583. The van der Waals surface area contributed by atoms with Gasteiger partial charge in [-0.15, -0.1) is 0 Å². The highest BCUT2D eigenvalue weighted by atomic mass is 19.1. The summed E-state index contributed by atoms with van der Waals surface area (Å²) in [5, 5.41) is 0. The molecule has 0 spiro atoms. The highest BCUT2D eigenvalue weighted by molar-refractivity contribution is 5.41. The van der Waals surface area contributed by atoms with Crippen LogP contribution in [0.15, 0.2) is 30.4 Å². The lowest BCUT2D eigenvalue weighted by Crippen LogP contribution is -2.12. The van der Waals surface area contributed by atoms with Gasteiger partial charge in [0.15, 0.2) is 0 Å². The Labute approximate surface area is 159 Å². The molecule has 0 radical (unpaired) electrons. The van der Waals surface area contributed by atoms with E-state index in [1.54, 1.807) is 12.1 Å². The minimum atomic E-state index is -0.313. The molecular weight excluding hydrogens is 323 g/mol. The van der Waals surface area contributed by atoms with Crippen molar-refractivity contribution in [2.45, 2.75) is 71.6 Å². The lowest BCUT2D eigenvalue weighted by atomic mass is 9.79. The molecule has 1 aromatic carbocycles. The molecule has 26 heavy (non-hydrogen) atoms. The second-order valence-corrected chi connectivity index (χ2v) is 7.40. The van der Waals surface area contributed by atoms with Gasteiger partial charge in [-0.2, -0.15) is 0 Å². The van der Waals surface area contributed by atoms with E-state index in [9.17, 15) is 4.39 Å². The normalized spacial score (nSPS) is 20.0. The smallest absolute Gasteiger partial charge is 0.142 e. The molecule has 0 N–H and O–H groups in total. The molecule has 2 heteroatoms. The summed E-state index contributed by atoms with van der Waals surface area (Å²) in [6.07, 6.45) is 15.7. The third-order valence-corrected chi connectivity index (χ3v) is 5.18. The van der Waals surface area contributed by atoms with Crippen molar-refractivity contribution in [3.05, 3.63) is 41.7 Å². The van der Waals surface area contributed by atoms with Crippen molar-refractivity contribution in [3.63, 3.8) is 0 Å². The van der Waals surface area contributed by atoms with Crippen LogP contribution in [-0.2, 0) is 0 Å². The van der Waals surface area contributed by atoms with Crippen molar-refractivity contribution >= 4 is 0 Å². The van der Waals surface area contributed by atoms with Gasteiger partial charge in [0.05, 0.1) is 12.2 Å². The van der Waals surface area contributed by atoms with Crippen LogP contribution in [-0.4, -0.2) is 6.61 Å². The average Bonchev–Trinajstić information content (AvgIpc) is 2.66. The van der Waals surface area contributed by atoms with Gasteiger partial charge in [0.25, 0.3) is 0 Å². The van der Waals surface area contributed by atoms with Gasteiger partial charge >= 0.3 is 0 Å². The first kappa shape index (κ1) is 20.6. The minimum absolute atomic E-state index is 0.313. The van der Waals surface area contributed by atoms with Crippen molar-refractivity contribution in [1.29, 1.82) is 0 Å².